The number of ether oxygens (including phenoxy) is 1. The fourth-order valence-corrected chi connectivity index (χ4v) is 2.31. The molecule has 0 aliphatic carbocycles. The van der Waals surface area contributed by atoms with E-state index in [0.717, 1.165) is 22.9 Å². The Bertz CT molecular complexity index is 868. The van der Waals surface area contributed by atoms with Crippen LogP contribution in [0.25, 0.3) is 11.3 Å². The Balaban J connectivity index is 1.63. The quantitative estimate of drug-likeness (QED) is 0.776. The van der Waals surface area contributed by atoms with Crippen LogP contribution in [-0.4, -0.2) is 23.0 Å². The van der Waals surface area contributed by atoms with Gasteiger partial charge < -0.3 is 10.1 Å². The predicted molar refractivity (Wildman–Crippen MR) is 91.6 cm³/mol. The number of hydrogen-bond donors (Lipinski definition) is 1. The summed E-state index contributed by atoms with van der Waals surface area (Å²) in [6.45, 7) is 0.298. The van der Waals surface area contributed by atoms with Gasteiger partial charge in [0.1, 0.15) is 0 Å². The molecule has 0 aliphatic rings. The van der Waals surface area contributed by atoms with E-state index in [4.69, 9.17) is 4.74 Å². The number of methoxy groups -OCH3 is 1. The first-order valence-electron chi connectivity index (χ1n) is 7.64. The van der Waals surface area contributed by atoms with Gasteiger partial charge in [-0.05, 0) is 42.0 Å². The van der Waals surface area contributed by atoms with Crippen LogP contribution in [0.4, 0.5) is 4.39 Å². The van der Waals surface area contributed by atoms with Crippen molar-refractivity contribution in [2.45, 2.75) is 6.54 Å². The van der Waals surface area contributed by atoms with Gasteiger partial charge in [0.2, 0.25) is 0 Å². The van der Waals surface area contributed by atoms with E-state index in [-0.39, 0.29) is 17.2 Å². The summed E-state index contributed by atoms with van der Waals surface area (Å²) in [5.41, 5.74) is 2.81. The zero-order chi connectivity index (χ0) is 17.6. The van der Waals surface area contributed by atoms with Gasteiger partial charge in [-0.25, -0.2) is 4.39 Å². The number of carbonyl (C=O) groups excluding carboxylic acids is 1. The van der Waals surface area contributed by atoms with Crippen molar-refractivity contribution >= 4 is 5.91 Å². The summed E-state index contributed by atoms with van der Waals surface area (Å²) in [4.78, 5) is 20.5. The summed E-state index contributed by atoms with van der Waals surface area (Å²) >= 11 is 0. The number of nitrogens with one attached hydrogen (secondary N) is 1. The standard InChI is InChI=1S/C19H16FN3O2/c1-25-18-7-5-14(9-16(18)20)19(24)23-11-13-4-6-17(22-10-13)15-3-2-8-21-12-15/h2-10,12H,11H2,1H3,(H,23,24). The molecule has 2 heterocycles. The number of pyridine rings is 2. The van der Waals surface area contributed by atoms with Gasteiger partial charge in [0.15, 0.2) is 11.6 Å². The molecule has 1 N–H and O–H groups in total. The highest BCUT2D eigenvalue weighted by atomic mass is 19.1. The highest BCUT2D eigenvalue weighted by Crippen LogP contribution is 2.18. The number of carbonyl (C=O) groups is 1. The lowest BCUT2D eigenvalue weighted by Crippen LogP contribution is -2.23. The van der Waals surface area contributed by atoms with Gasteiger partial charge in [0.05, 0.1) is 12.8 Å². The number of amides is 1. The molecule has 0 atom stereocenters. The zero-order valence-electron chi connectivity index (χ0n) is 13.6. The van der Waals surface area contributed by atoms with Gasteiger partial charge in [-0.2, -0.15) is 0 Å². The number of aromatic nitrogens is 2. The van der Waals surface area contributed by atoms with E-state index >= 15 is 0 Å². The van der Waals surface area contributed by atoms with E-state index in [1.807, 2.05) is 24.3 Å². The van der Waals surface area contributed by atoms with Gasteiger partial charge in [-0.1, -0.05) is 6.07 Å². The molecule has 3 rings (SSSR count). The maximum atomic E-state index is 13.7. The molecule has 0 aliphatic heterocycles. The fraction of sp³-hybridized carbons (Fsp3) is 0.105. The van der Waals surface area contributed by atoms with Crippen LogP contribution in [0.3, 0.4) is 0 Å². The predicted octanol–water partition coefficient (Wildman–Crippen LogP) is 3.22. The van der Waals surface area contributed by atoms with Gasteiger partial charge in [0.25, 0.3) is 5.91 Å². The summed E-state index contributed by atoms with van der Waals surface area (Å²) in [5, 5.41) is 2.74. The van der Waals surface area contributed by atoms with Crippen molar-refractivity contribution in [1.29, 1.82) is 0 Å². The van der Waals surface area contributed by atoms with Crippen molar-refractivity contribution in [2.24, 2.45) is 0 Å². The molecule has 0 spiro atoms. The molecule has 2 aromatic heterocycles. The molecule has 126 valence electrons. The smallest absolute Gasteiger partial charge is 0.251 e. The van der Waals surface area contributed by atoms with Gasteiger partial charge in [-0.3, -0.25) is 14.8 Å². The summed E-state index contributed by atoms with van der Waals surface area (Å²) < 4.78 is 18.5. The minimum atomic E-state index is -0.572. The fourth-order valence-electron chi connectivity index (χ4n) is 2.31. The minimum absolute atomic E-state index is 0.103. The van der Waals surface area contributed by atoms with E-state index in [1.54, 1.807) is 18.6 Å². The largest absolute Gasteiger partial charge is 0.494 e. The number of hydrogen-bond acceptors (Lipinski definition) is 4. The molecule has 3 aromatic rings. The Hall–Kier alpha value is -3.28. The number of halogens is 1. The van der Waals surface area contributed by atoms with Crippen molar-refractivity contribution in [3.63, 3.8) is 0 Å². The van der Waals surface area contributed by atoms with Crippen LogP contribution < -0.4 is 10.1 Å². The van der Waals surface area contributed by atoms with Crippen LogP contribution in [0.1, 0.15) is 15.9 Å². The van der Waals surface area contributed by atoms with Gasteiger partial charge >= 0.3 is 0 Å². The second-order valence-corrected chi connectivity index (χ2v) is 5.33. The van der Waals surface area contributed by atoms with E-state index in [0.29, 0.717) is 6.54 Å². The molecule has 0 fully saturated rings. The third-order valence-electron chi connectivity index (χ3n) is 3.65. The normalized spacial score (nSPS) is 10.3. The third kappa shape index (κ3) is 3.98. The summed E-state index contributed by atoms with van der Waals surface area (Å²) in [7, 11) is 1.38. The molecule has 0 saturated carbocycles. The summed E-state index contributed by atoms with van der Waals surface area (Å²) in [5.74, 6) is -0.831. The van der Waals surface area contributed by atoms with Crippen molar-refractivity contribution in [3.05, 3.63) is 78.0 Å². The molecular weight excluding hydrogens is 321 g/mol. The lowest BCUT2D eigenvalue weighted by atomic mass is 10.1. The molecule has 25 heavy (non-hydrogen) atoms. The first-order valence-corrected chi connectivity index (χ1v) is 7.64. The van der Waals surface area contributed by atoms with E-state index < -0.39 is 5.82 Å². The molecule has 6 heteroatoms. The van der Waals surface area contributed by atoms with Crippen molar-refractivity contribution in [3.8, 4) is 17.0 Å². The highest BCUT2D eigenvalue weighted by molar-refractivity contribution is 5.94. The second kappa shape index (κ2) is 7.53. The summed E-state index contributed by atoms with van der Waals surface area (Å²) in [6, 6.07) is 11.6. The lowest BCUT2D eigenvalue weighted by molar-refractivity contribution is 0.0950. The number of rotatable bonds is 5. The number of nitrogens with zero attached hydrogens (tertiary/aromatic N) is 2. The van der Waals surface area contributed by atoms with Crippen LogP contribution in [0.2, 0.25) is 0 Å². The molecule has 0 bridgehead atoms. The molecular formula is C19H16FN3O2. The van der Waals surface area contributed by atoms with Crippen LogP contribution in [0.15, 0.2) is 61.1 Å². The molecule has 0 saturated heterocycles. The lowest BCUT2D eigenvalue weighted by Gasteiger charge is -2.08. The SMILES string of the molecule is COc1ccc(C(=O)NCc2ccc(-c3cccnc3)nc2)cc1F. The van der Waals surface area contributed by atoms with E-state index in [9.17, 15) is 9.18 Å². The van der Waals surface area contributed by atoms with Gasteiger partial charge in [-0.15, -0.1) is 0 Å². The minimum Gasteiger partial charge on any atom is -0.494 e. The monoisotopic (exact) mass is 337 g/mol. The molecule has 1 aromatic carbocycles. The molecule has 0 radical (unpaired) electrons. The molecule has 5 nitrogen and oxygen atoms in total. The zero-order valence-corrected chi connectivity index (χ0v) is 13.6. The van der Waals surface area contributed by atoms with Crippen molar-refractivity contribution < 1.29 is 13.9 Å². The topological polar surface area (TPSA) is 64.1 Å². The second-order valence-electron chi connectivity index (χ2n) is 5.33. The third-order valence-corrected chi connectivity index (χ3v) is 3.65. The Morgan fingerprint density at radius 3 is 2.72 bits per heavy atom. The Labute approximate surface area is 144 Å². The van der Waals surface area contributed by atoms with Crippen LogP contribution in [0, 0.1) is 5.82 Å². The average molecular weight is 337 g/mol. The Morgan fingerprint density at radius 1 is 1.20 bits per heavy atom. The van der Waals surface area contributed by atoms with E-state index in [1.165, 1.54) is 19.2 Å². The molecule has 0 unspecified atom stereocenters. The Kier molecular flexibility index (Phi) is 4.99. The average Bonchev–Trinajstić information content (AvgIpc) is 2.67. The maximum absolute atomic E-state index is 13.7. The Morgan fingerprint density at radius 2 is 2.08 bits per heavy atom. The number of benzene rings is 1. The van der Waals surface area contributed by atoms with Gasteiger partial charge in [0, 0.05) is 36.3 Å². The summed E-state index contributed by atoms with van der Waals surface area (Å²) in [6.07, 6.45) is 5.13. The van der Waals surface area contributed by atoms with Crippen LogP contribution in [-0.2, 0) is 6.54 Å². The van der Waals surface area contributed by atoms with E-state index in [2.05, 4.69) is 15.3 Å². The van der Waals surface area contributed by atoms with Crippen LogP contribution in [0.5, 0.6) is 5.75 Å². The highest BCUT2D eigenvalue weighted by Gasteiger charge is 2.10. The first kappa shape index (κ1) is 16.6. The first-order chi connectivity index (χ1) is 12.2. The van der Waals surface area contributed by atoms with Crippen LogP contribution >= 0.6 is 0 Å². The van der Waals surface area contributed by atoms with Crippen molar-refractivity contribution in [1.82, 2.24) is 15.3 Å². The van der Waals surface area contributed by atoms with Crippen molar-refractivity contribution in [2.75, 3.05) is 7.11 Å². The molecule has 1 amide bonds. The maximum Gasteiger partial charge on any atom is 0.251 e.